The van der Waals surface area contributed by atoms with Crippen LogP contribution in [0.1, 0.15) is 27.7 Å². The van der Waals surface area contributed by atoms with Crippen LogP contribution in [0.25, 0.3) is 11.0 Å². The van der Waals surface area contributed by atoms with Crippen LogP contribution in [0.3, 0.4) is 0 Å². The van der Waals surface area contributed by atoms with Gasteiger partial charge in [-0.05, 0) is 42.5 Å². The molecule has 8 heteroatoms. The monoisotopic (exact) mass is 476 g/mol. The number of hydrogen-bond donors (Lipinski definition) is 2. The Morgan fingerprint density at radius 1 is 1.15 bits per heavy atom. The molecular weight excluding hydrogens is 448 g/mol. The van der Waals surface area contributed by atoms with Crippen LogP contribution in [-0.2, 0) is 28.9 Å². The van der Waals surface area contributed by atoms with Crippen LogP contribution in [0, 0.1) is 0 Å². The number of anilines is 1. The molecule has 2 aromatic carbocycles. The van der Waals surface area contributed by atoms with Gasteiger partial charge in [-0.15, -0.1) is 11.3 Å². The third kappa shape index (κ3) is 5.89. The second-order valence-corrected chi connectivity index (χ2v) is 9.24. The number of carbonyl (C=O) groups excluding carboxylic acids is 2. The summed E-state index contributed by atoms with van der Waals surface area (Å²) >= 11 is 1.67. The Hall–Kier alpha value is -3.49. The molecule has 2 aromatic heterocycles. The summed E-state index contributed by atoms with van der Waals surface area (Å²) in [6.45, 7) is 2.60. The molecule has 4 aromatic rings. The van der Waals surface area contributed by atoms with Crippen molar-refractivity contribution >= 4 is 39.9 Å². The van der Waals surface area contributed by atoms with Crippen LogP contribution in [0.5, 0.6) is 0 Å². The lowest BCUT2D eigenvalue weighted by molar-refractivity contribution is -0.119. The molecule has 0 saturated carbocycles. The number of imidazole rings is 1. The largest absolute Gasteiger partial charge is 0.375 e. The Morgan fingerprint density at radius 3 is 2.71 bits per heavy atom. The van der Waals surface area contributed by atoms with Crippen molar-refractivity contribution in [2.24, 2.45) is 0 Å². The van der Waals surface area contributed by atoms with Gasteiger partial charge in [0.1, 0.15) is 6.61 Å². The van der Waals surface area contributed by atoms with Gasteiger partial charge in [-0.25, -0.2) is 4.98 Å². The molecule has 0 aliphatic rings. The maximum Gasteiger partial charge on any atom is 0.251 e. The minimum Gasteiger partial charge on any atom is -0.375 e. The van der Waals surface area contributed by atoms with E-state index in [1.165, 1.54) is 17.6 Å². The van der Waals surface area contributed by atoms with Crippen molar-refractivity contribution < 1.29 is 14.3 Å². The molecule has 1 unspecified atom stereocenters. The summed E-state index contributed by atoms with van der Waals surface area (Å²) in [5.41, 5.74) is 3.64. The van der Waals surface area contributed by atoms with E-state index in [9.17, 15) is 9.59 Å². The Bertz CT molecular complexity index is 1250. The Balaban J connectivity index is 1.59. The van der Waals surface area contributed by atoms with Crippen LogP contribution in [0.4, 0.5) is 5.69 Å². The zero-order valence-electron chi connectivity index (χ0n) is 19.3. The predicted molar refractivity (Wildman–Crippen MR) is 135 cm³/mol. The van der Waals surface area contributed by atoms with Crippen molar-refractivity contribution in [2.45, 2.75) is 32.4 Å². The van der Waals surface area contributed by atoms with E-state index in [1.54, 1.807) is 29.8 Å². The smallest absolute Gasteiger partial charge is 0.251 e. The highest BCUT2D eigenvalue weighted by Gasteiger charge is 2.18. The van der Waals surface area contributed by atoms with E-state index in [4.69, 9.17) is 4.74 Å². The summed E-state index contributed by atoms with van der Waals surface area (Å²) < 4.78 is 6.98. The van der Waals surface area contributed by atoms with E-state index in [0.29, 0.717) is 23.3 Å². The van der Waals surface area contributed by atoms with Gasteiger partial charge in [0, 0.05) is 36.6 Å². The Morgan fingerprint density at radius 2 is 1.97 bits per heavy atom. The van der Waals surface area contributed by atoms with E-state index < -0.39 is 0 Å². The highest BCUT2D eigenvalue weighted by Crippen LogP contribution is 2.26. The van der Waals surface area contributed by atoms with Gasteiger partial charge in [0.15, 0.2) is 0 Å². The predicted octanol–water partition coefficient (Wildman–Crippen LogP) is 4.29. The number of nitrogens with zero attached hydrogens (tertiary/aromatic N) is 2. The van der Waals surface area contributed by atoms with Gasteiger partial charge in [-0.3, -0.25) is 9.59 Å². The molecule has 2 heterocycles. The number of benzene rings is 2. The van der Waals surface area contributed by atoms with Crippen LogP contribution in [-0.4, -0.2) is 41.1 Å². The number of ether oxygens (including phenoxy) is 1. The summed E-state index contributed by atoms with van der Waals surface area (Å²) in [5.74, 6) is -0.490. The quantitative estimate of drug-likeness (QED) is 0.358. The maximum atomic E-state index is 13.0. The van der Waals surface area contributed by atoms with E-state index in [-0.39, 0.29) is 24.5 Å². The van der Waals surface area contributed by atoms with Crippen molar-refractivity contribution in [3.8, 4) is 0 Å². The topological polar surface area (TPSA) is 85.2 Å². The highest BCUT2D eigenvalue weighted by molar-refractivity contribution is 7.09. The zero-order chi connectivity index (χ0) is 23.9. The molecule has 7 nitrogen and oxygen atoms in total. The number of nitrogens with one attached hydrogen (secondary N) is 2. The van der Waals surface area contributed by atoms with Gasteiger partial charge in [-0.1, -0.05) is 36.4 Å². The Kier molecular flexibility index (Phi) is 7.72. The van der Waals surface area contributed by atoms with Crippen LogP contribution in [0.15, 0.2) is 66.3 Å². The summed E-state index contributed by atoms with van der Waals surface area (Å²) in [6.07, 6.45) is 3.33. The van der Waals surface area contributed by atoms with Crippen molar-refractivity contribution in [1.29, 1.82) is 0 Å². The molecule has 2 N–H and O–H groups in total. The van der Waals surface area contributed by atoms with E-state index in [0.717, 1.165) is 18.4 Å². The van der Waals surface area contributed by atoms with Crippen LogP contribution < -0.4 is 10.6 Å². The second-order valence-electron chi connectivity index (χ2n) is 8.20. The fraction of sp³-hybridized carbons (Fsp3) is 0.269. The fourth-order valence-corrected chi connectivity index (χ4v) is 4.74. The number of methoxy groups -OCH3 is 1. The fourth-order valence-electron chi connectivity index (χ4n) is 3.91. The molecule has 0 aliphatic heterocycles. The number of thiophene rings is 1. The summed E-state index contributed by atoms with van der Waals surface area (Å²) in [4.78, 5) is 31.1. The standard InChI is InChI=1S/C26H28N4O3S/c1-18(13-21-9-6-12-34-21)28-26(32)20-14-22-25(23(15-20)29-24(31)16-33-2)30(17-27-22)11-10-19-7-4-3-5-8-19/h3-9,12,14-15,17-18H,10-11,13,16H2,1-2H3,(H,28,32)(H,29,31). The first-order valence-corrected chi connectivity index (χ1v) is 12.1. The zero-order valence-corrected chi connectivity index (χ0v) is 20.1. The molecule has 176 valence electrons. The molecule has 0 saturated heterocycles. The number of fused-ring (bicyclic) bond motifs is 1. The van der Waals surface area contributed by atoms with Gasteiger partial charge in [0.25, 0.3) is 5.91 Å². The summed E-state index contributed by atoms with van der Waals surface area (Å²) in [7, 11) is 1.47. The number of aryl methyl sites for hydroxylation is 2. The minimum absolute atomic E-state index is 0.0307. The number of rotatable bonds is 10. The average Bonchev–Trinajstić information content (AvgIpc) is 3.48. The van der Waals surface area contributed by atoms with Gasteiger partial charge >= 0.3 is 0 Å². The van der Waals surface area contributed by atoms with E-state index in [2.05, 4.69) is 33.8 Å². The first-order valence-electron chi connectivity index (χ1n) is 11.2. The Labute approximate surface area is 202 Å². The van der Waals surface area contributed by atoms with Gasteiger partial charge < -0.3 is 19.9 Å². The SMILES string of the molecule is COCC(=O)Nc1cc(C(=O)NC(C)Cc2cccs2)cc2ncn(CCc3ccccc3)c12. The second kappa shape index (κ2) is 11.1. The summed E-state index contributed by atoms with van der Waals surface area (Å²) in [6, 6.07) is 17.7. The maximum absolute atomic E-state index is 13.0. The molecule has 0 spiro atoms. The normalized spacial score (nSPS) is 11.9. The lowest BCUT2D eigenvalue weighted by atomic mass is 10.1. The molecule has 0 aliphatic carbocycles. The molecule has 0 bridgehead atoms. The first kappa shape index (κ1) is 23.7. The lowest BCUT2D eigenvalue weighted by Gasteiger charge is -2.15. The average molecular weight is 477 g/mol. The minimum atomic E-state index is -0.289. The van der Waals surface area contributed by atoms with Crippen molar-refractivity contribution in [2.75, 3.05) is 19.0 Å². The third-order valence-electron chi connectivity index (χ3n) is 5.47. The van der Waals surface area contributed by atoms with Crippen molar-refractivity contribution in [3.63, 3.8) is 0 Å². The molecule has 2 amide bonds. The highest BCUT2D eigenvalue weighted by atomic mass is 32.1. The lowest BCUT2D eigenvalue weighted by Crippen LogP contribution is -2.34. The van der Waals surface area contributed by atoms with Crippen molar-refractivity contribution in [3.05, 3.63) is 82.3 Å². The number of carbonyl (C=O) groups is 2. The number of aromatic nitrogens is 2. The molecular formula is C26H28N4O3S. The first-order chi connectivity index (χ1) is 16.5. The number of hydrogen-bond acceptors (Lipinski definition) is 5. The van der Waals surface area contributed by atoms with E-state index >= 15 is 0 Å². The van der Waals surface area contributed by atoms with Crippen molar-refractivity contribution in [1.82, 2.24) is 14.9 Å². The third-order valence-corrected chi connectivity index (χ3v) is 6.37. The van der Waals surface area contributed by atoms with Crippen LogP contribution >= 0.6 is 11.3 Å². The molecule has 4 rings (SSSR count). The van der Waals surface area contributed by atoms with Gasteiger partial charge in [-0.2, -0.15) is 0 Å². The van der Waals surface area contributed by atoms with E-state index in [1.807, 2.05) is 41.1 Å². The molecule has 1 atom stereocenters. The summed E-state index contributed by atoms with van der Waals surface area (Å²) in [5, 5.41) is 7.98. The molecule has 0 fully saturated rings. The van der Waals surface area contributed by atoms with Crippen LogP contribution in [0.2, 0.25) is 0 Å². The van der Waals surface area contributed by atoms with Gasteiger partial charge in [0.05, 0.1) is 23.0 Å². The number of amides is 2. The van der Waals surface area contributed by atoms with Gasteiger partial charge in [0.2, 0.25) is 5.91 Å². The molecule has 0 radical (unpaired) electrons. The molecule has 34 heavy (non-hydrogen) atoms.